The number of fused-ring (bicyclic) bond motifs is 3. The second-order valence-electron chi connectivity index (χ2n) is 8.10. The summed E-state index contributed by atoms with van der Waals surface area (Å²) in [5.74, 6) is 1.77. The van der Waals surface area contributed by atoms with Gasteiger partial charge in [0.1, 0.15) is 11.5 Å². The average molecular weight is 414 g/mol. The minimum absolute atomic E-state index is 0.109. The SMILES string of the molecule is CCOc1ccc2c(c1)[C@H]1CC(c3ccccc3)=NN1[C@H](c1ccc(N(C)C)cc1)O2. The molecule has 0 unspecified atom stereocenters. The van der Waals surface area contributed by atoms with Gasteiger partial charge in [0.25, 0.3) is 0 Å². The van der Waals surface area contributed by atoms with Crippen LogP contribution in [0.4, 0.5) is 5.69 Å². The molecule has 3 aromatic rings. The molecule has 2 aliphatic heterocycles. The molecule has 158 valence electrons. The first-order valence-corrected chi connectivity index (χ1v) is 10.8. The molecular weight excluding hydrogens is 386 g/mol. The summed E-state index contributed by atoms with van der Waals surface area (Å²) >= 11 is 0. The van der Waals surface area contributed by atoms with E-state index in [2.05, 4.69) is 64.5 Å². The summed E-state index contributed by atoms with van der Waals surface area (Å²) in [5.41, 5.74) is 5.61. The smallest absolute Gasteiger partial charge is 0.213 e. The van der Waals surface area contributed by atoms with Crippen molar-refractivity contribution in [1.82, 2.24) is 5.01 Å². The van der Waals surface area contributed by atoms with Crippen LogP contribution in [0, 0.1) is 0 Å². The van der Waals surface area contributed by atoms with Gasteiger partial charge < -0.3 is 14.4 Å². The van der Waals surface area contributed by atoms with E-state index in [1.165, 1.54) is 0 Å². The third-order valence-electron chi connectivity index (χ3n) is 5.87. The molecular formula is C26H27N3O2. The predicted molar refractivity (Wildman–Crippen MR) is 124 cm³/mol. The van der Waals surface area contributed by atoms with Crippen LogP contribution in [0.15, 0.2) is 77.9 Å². The maximum atomic E-state index is 6.50. The Morgan fingerprint density at radius 1 is 1.03 bits per heavy atom. The molecule has 2 aliphatic rings. The van der Waals surface area contributed by atoms with E-state index in [1.54, 1.807) is 0 Å². The summed E-state index contributed by atoms with van der Waals surface area (Å²) in [6.45, 7) is 2.64. The molecule has 31 heavy (non-hydrogen) atoms. The largest absolute Gasteiger partial charge is 0.494 e. The Bertz CT molecular complexity index is 1090. The van der Waals surface area contributed by atoms with Crippen LogP contribution in [0.3, 0.4) is 0 Å². The second-order valence-corrected chi connectivity index (χ2v) is 8.10. The molecule has 0 radical (unpaired) electrons. The second kappa shape index (κ2) is 7.99. The fourth-order valence-electron chi connectivity index (χ4n) is 4.28. The van der Waals surface area contributed by atoms with Crippen molar-refractivity contribution >= 4 is 11.4 Å². The highest BCUT2D eigenvalue weighted by molar-refractivity contribution is 6.01. The monoisotopic (exact) mass is 413 g/mol. The molecule has 0 spiro atoms. The van der Waals surface area contributed by atoms with E-state index in [0.717, 1.165) is 46.0 Å². The zero-order valence-electron chi connectivity index (χ0n) is 18.2. The fourth-order valence-corrected chi connectivity index (χ4v) is 4.28. The Morgan fingerprint density at radius 3 is 2.52 bits per heavy atom. The topological polar surface area (TPSA) is 37.3 Å². The van der Waals surface area contributed by atoms with E-state index in [1.807, 2.05) is 39.2 Å². The van der Waals surface area contributed by atoms with Crippen LogP contribution < -0.4 is 14.4 Å². The molecule has 0 fully saturated rings. The molecule has 5 rings (SSSR count). The predicted octanol–water partition coefficient (Wildman–Crippen LogP) is 5.39. The normalized spacial score (nSPS) is 19.2. The van der Waals surface area contributed by atoms with Crippen molar-refractivity contribution < 1.29 is 9.47 Å². The number of nitrogens with zero attached hydrogens (tertiary/aromatic N) is 3. The van der Waals surface area contributed by atoms with Crippen molar-refractivity contribution in [3.05, 3.63) is 89.5 Å². The van der Waals surface area contributed by atoms with Gasteiger partial charge >= 0.3 is 0 Å². The molecule has 3 aromatic carbocycles. The van der Waals surface area contributed by atoms with Gasteiger partial charge in [0.05, 0.1) is 18.4 Å². The third-order valence-corrected chi connectivity index (χ3v) is 5.87. The number of ether oxygens (including phenoxy) is 2. The number of anilines is 1. The van der Waals surface area contributed by atoms with Crippen LogP contribution in [0.25, 0.3) is 0 Å². The summed E-state index contributed by atoms with van der Waals surface area (Å²) in [7, 11) is 4.09. The standard InChI is InChI=1S/C26H27N3O2/c1-4-30-21-14-15-25-22(16-21)24-17-23(18-8-6-5-7-9-18)27-29(24)26(31-25)19-10-12-20(13-11-19)28(2)3/h5-16,24,26H,4,17H2,1-3H3/t24-,26+/m1/s1. The summed E-state index contributed by atoms with van der Waals surface area (Å²) in [4.78, 5) is 2.10. The number of hydrogen-bond donors (Lipinski definition) is 0. The lowest BCUT2D eigenvalue weighted by atomic mass is 9.95. The summed E-state index contributed by atoms with van der Waals surface area (Å²) in [5, 5.41) is 7.16. The molecule has 5 nitrogen and oxygen atoms in total. The van der Waals surface area contributed by atoms with Crippen LogP contribution in [0.5, 0.6) is 11.5 Å². The van der Waals surface area contributed by atoms with Crippen molar-refractivity contribution in [2.24, 2.45) is 5.10 Å². The molecule has 0 aliphatic carbocycles. The van der Waals surface area contributed by atoms with Gasteiger partial charge in [-0.3, -0.25) is 0 Å². The first-order valence-electron chi connectivity index (χ1n) is 10.8. The molecule has 0 saturated carbocycles. The van der Waals surface area contributed by atoms with Crippen molar-refractivity contribution in [3.8, 4) is 11.5 Å². The van der Waals surface area contributed by atoms with Crippen molar-refractivity contribution in [1.29, 1.82) is 0 Å². The van der Waals surface area contributed by atoms with Gasteiger partial charge in [-0.15, -0.1) is 0 Å². The first-order chi connectivity index (χ1) is 15.1. The van der Waals surface area contributed by atoms with Crippen molar-refractivity contribution in [2.45, 2.75) is 25.6 Å². The lowest BCUT2D eigenvalue weighted by Gasteiger charge is -2.38. The highest BCUT2D eigenvalue weighted by atomic mass is 16.5. The average Bonchev–Trinajstić information content (AvgIpc) is 3.25. The zero-order chi connectivity index (χ0) is 21.4. The summed E-state index contributed by atoms with van der Waals surface area (Å²) in [6.07, 6.45) is 0.565. The Morgan fingerprint density at radius 2 is 1.81 bits per heavy atom. The van der Waals surface area contributed by atoms with Crippen LogP contribution in [0.2, 0.25) is 0 Å². The van der Waals surface area contributed by atoms with E-state index in [9.17, 15) is 0 Å². The number of benzene rings is 3. The van der Waals surface area contributed by atoms with Gasteiger partial charge in [0, 0.05) is 37.3 Å². The van der Waals surface area contributed by atoms with E-state index in [-0.39, 0.29) is 12.3 Å². The quantitative estimate of drug-likeness (QED) is 0.562. The number of hydrogen-bond acceptors (Lipinski definition) is 5. The lowest BCUT2D eigenvalue weighted by Crippen LogP contribution is -2.33. The Hall–Kier alpha value is -3.47. The van der Waals surface area contributed by atoms with Gasteiger partial charge in [-0.2, -0.15) is 5.10 Å². The molecule has 2 atom stereocenters. The van der Waals surface area contributed by atoms with Gasteiger partial charge in [-0.1, -0.05) is 42.5 Å². The van der Waals surface area contributed by atoms with Crippen molar-refractivity contribution in [3.63, 3.8) is 0 Å². The molecule has 0 aromatic heterocycles. The van der Waals surface area contributed by atoms with Crippen LogP contribution in [0.1, 0.15) is 42.3 Å². The molecule has 0 bridgehead atoms. The van der Waals surface area contributed by atoms with Crippen LogP contribution in [-0.4, -0.2) is 31.4 Å². The number of hydrazone groups is 1. The van der Waals surface area contributed by atoms with Crippen molar-refractivity contribution in [2.75, 3.05) is 25.6 Å². The molecule has 0 N–H and O–H groups in total. The zero-order valence-corrected chi connectivity index (χ0v) is 18.2. The highest BCUT2D eigenvalue weighted by Gasteiger charge is 2.41. The number of rotatable bonds is 5. The van der Waals surface area contributed by atoms with E-state index >= 15 is 0 Å². The summed E-state index contributed by atoms with van der Waals surface area (Å²) in [6, 6.07) is 25.1. The summed E-state index contributed by atoms with van der Waals surface area (Å²) < 4.78 is 12.3. The maximum Gasteiger partial charge on any atom is 0.213 e. The van der Waals surface area contributed by atoms with E-state index in [4.69, 9.17) is 14.6 Å². The van der Waals surface area contributed by atoms with Gasteiger partial charge in [-0.05, 0) is 42.8 Å². The minimum Gasteiger partial charge on any atom is -0.494 e. The molecule has 0 saturated heterocycles. The Labute approximate surface area is 183 Å². The first kappa shape index (κ1) is 19.5. The van der Waals surface area contributed by atoms with Crippen LogP contribution in [-0.2, 0) is 0 Å². The van der Waals surface area contributed by atoms with Crippen LogP contribution >= 0.6 is 0 Å². The van der Waals surface area contributed by atoms with Gasteiger partial charge in [0.15, 0.2) is 0 Å². The third kappa shape index (κ3) is 3.61. The van der Waals surface area contributed by atoms with Gasteiger partial charge in [-0.25, -0.2) is 5.01 Å². The highest BCUT2D eigenvalue weighted by Crippen LogP contribution is 2.48. The Kier molecular flexibility index (Phi) is 5.02. The maximum absolute atomic E-state index is 6.50. The van der Waals surface area contributed by atoms with E-state index < -0.39 is 0 Å². The van der Waals surface area contributed by atoms with Gasteiger partial charge in [0.2, 0.25) is 6.23 Å². The molecule has 2 heterocycles. The minimum atomic E-state index is -0.270. The lowest BCUT2D eigenvalue weighted by molar-refractivity contribution is -0.0191. The molecule has 5 heteroatoms. The Balaban J connectivity index is 1.56. The van der Waals surface area contributed by atoms with E-state index in [0.29, 0.717) is 6.61 Å². The molecule has 0 amide bonds. The fraction of sp³-hybridized carbons (Fsp3) is 0.269.